The number of benzene rings is 2. The van der Waals surface area contributed by atoms with Gasteiger partial charge in [0, 0.05) is 31.6 Å². The van der Waals surface area contributed by atoms with E-state index in [1.165, 1.54) is 12.0 Å². The van der Waals surface area contributed by atoms with Gasteiger partial charge >= 0.3 is 0 Å². The predicted octanol–water partition coefficient (Wildman–Crippen LogP) is 3.74. The predicted molar refractivity (Wildman–Crippen MR) is 122 cm³/mol. The van der Waals surface area contributed by atoms with E-state index in [0.717, 1.165) is 57.3 Å². The summed E-state index contributed by atoms with van der Waals surface area (Å²) in [5.74, 6) is 0.891. The smallest absolute Gasteiger partial charge is 0.257 e. The number of hydrogen-bond acceptors (Lipinski definition) is 3. The zero-order valence-corrected chi connectivity index (χ0v) is 18.2. The molecule has 0 spiro atoms. The van der Waals surface area contributed by atoms with Crippen LogP contribution in [0.15, 0.2) is 60.7 Å². The van der Waals surface area contributed by atoms with Crippen LogP contribution in [0.3, 0.4) is 0 Å². The fourth-order valence-electron chi connectivity index (χ4n) is 5.97. The first-order valence-electron chi connectivity index (χ1n) is 12.0. The van der Waals surface area contributed by atoms with Gasteiger partial charge in [-0.3, -0.25) is 4.79 Å². The fraction of sp³-hybridized carbons (Fsp3) is 0.519. The minimum absolute atomic E-state index is 0.00427. The third-order valence-electron chi connectivity index (χ3n) is 7.88. The van der Waals surface area contributed by atoms with Gasteiger partial charge in [-0.25, -0.2) is 0 Å². The molecule has 2 aliphatic carbocycles. The van der Waals surface area contributed by atoms with E-state index in [-0.39, 0.29) is 17.9 Å². The van der Waals surface area contributed by atoms with Crippen molar-refractivity contribution in [2.75, 3.05) is 19.6 Å². The first-order chi connectivity index (χ1) is 15.2. The average Bonchev–Trinajstić information content (AvgIpc) is 3.27. The fourth-order valence-corrected chi connectivity index (χ4v) is 5.97. The molecule has 0 radical (unpaired) electrons. The van der Waals surface area contributed by atoms with Gasteiger partial charge in [-0.05, 0) is 42.2 Å². The van der Waals surface area contributed by atoms with E-state index in [0.29, 0.717) is 11.8 Å². The number of rotatable bonds is 7. The molecule has 164 valence electrons. The van der Waals surface area contributed by atoms with Crippen molar-refractivity contribution in [3.05, 3.63) is 71.8 Å². The van der Waals surface area contributed by atoms with Crippen LogP contribution in [0.1, 0.15) is 43.2 Å². The Morgan fingerprint density at radius 1 is 0.935 bits per heavy atom. The molecular formula is C27H34N2O2. The van der Waals surface area contributed by atoms with Crippen LogP contribution in [0.25, 0.3) is 0 Å². The molecule has 4 nitrogen and oxygen atoms in total. The van der Waals surface area contributed by atoms with Crippen LogP contribution in [0, 0.1) is 17.8 Å². The third-order valence-corrected chi connectivity index (χ3v) is 7.88. The molecule has 3 fully saturated rings. The quantitative estimate of drug-likeness (QED) is 0.720. The van der Waals surface area contributed by atoms with Crippen molar-refractivity contribution in [1.29, 1.82) is 0 Å². The van der Waals surface area contributed by atoms with E-state index in [1.807, 2.05) is 30.3 Å². The summed E-state index contributed by atoms with van der Waals surface area (Å²) in [6, 6.07) is 20.5. The summed E-state index contributed by atoms with van der Waals surface area (Å²) in [4.78, 5) is 16.0. The first-order valence-corrected chi connectivity index (χ1v) is 12.0. The highest BCUT2D eigenvalue weighted by atomic mass is 16.3. The Labute approximate surface area is 185 Å². The molecule has 4 heteroatoms. The number of likely N-dealkylation sites (tertiary alicyclic amines) is 1. The Kier molecular flexibility index (Phi) is 5.85. The summed E-state index contributed by atoms with van der Waals surface area (Å²) in [6.07, 6.45) is 6.31. The summed E-state index contributed by atoms with van der Waals surface area (Å²) < 4.78 is 0. The summed E-state index contributed by atoms with van der Waals surface area (Å²) in [5.41, 5.74) is 0.717. The molecule has 1 aliphatic heterocycles. The van der Waals surface area contributed by atoms with Gasteiger partial charge in [0.1, 0.15) is 0 Å². The Morgan fingerprint density at radius 3 is 2.19 bits per heavy atom. The molecule has 2 aromatic rings. The second-order valence-electron chi connectivity index (χ2n) is 9.79. The van der Waals surface area contributed by atoms with Gasteiger partial charge < -0.3 is 15.3 Å². The van der Waals surface area contributed by atoms with E-state index in [2.05, 4.69) is 40.5 Å². The van der Waals surface area contributed by atoms with Crippen LogP contribution in [0.2, 0.25) is 0 Å². The van der Waals surface area contributed by atoms with Gasteiger partial charge in [0.25, 0.3) is 5.91 Å². The monoisotopic (exact) mass is 418 g/mol. The number of amides is 1. The van der Waals surface area contributed by atoms with E-state index in [1.54, 1.807) is 0 Å². The van der Waals surface area contributed by atoms with Gasteiger partial charge in [0.2, 0.25) is 0 Å². The number of nitrogens with zero attached hydrogens (tertiary/aromatic N) is 1. The standard InChI is InChI=1S/C27H34N2O2/c30-26(27(31,21-12-6-2-7-13-21)22-14-8-3-9-15-22)28-25-23-18-29(19-24(23)25)17-16-20-10-4-1-5-11-20/h1-2,4-7,10-13,22-25,31H,3,8-9,14-19H2,(H,28,30). The van der Waals surface area contributed by atoms with Crippen molar-refractivity contribution in [2.24, 2.45) is 17.8 Å². The Bertz CT molecular complexity index is 869. The van der Waals surface area contributed by atoms with Crippen LogP contribution in [-0.2, 0) is 16.8 Å². The van der Waals surface area contributed by atoms with Gasteiger partial charge in [-0.2, -0.15) is 0 Å². The highest BCUT2D eigenvalue weighted by Gasteiger charge is 2.58. The zero-order chi connectivity index (χ0) is 21.3. The van der Waals surface area contributed by atoms with E-state index in [9.17, 15) is 9.90 Å². The lowest BCUT2D eigenvalue weighted by Crippen LogP contribution is -2.52. The number of fused-ring (bicyclic) bond motifs is 1. The van der Waals surface area contributed by atoms with Crippen LogP contribution in [-0.4, -0.2) is 41.6 Å². The molecule has 1 amide bonds. The van der Waals surface area contributed by atoms with Crippen LogP contribution in [0.4, 0.5) is 0 Å². The highest BCUT2D eigenvalue weighted by molar-refractivity contribution is 5.87. The molecule has 31 heavy (non-hydrogen) atoms. The number of piperidine rings is 1. The summed E-state index contributed by atoms with van der Waals surface area (Å²) in [6.45, 7) is 3.18. The summed E-state index contributed by atoms with van der Waals surface area (Å²) in [5, 5.41) is 15.0. The lowest BCUT2D eigenvalue weighted by Gasteiger charge is -2.38. The average molecular weight is 419 g/mol. The van der Waals surface area contributed by atoms with Crippen molar-refractivity contribution in [3.63, 3.8) is 0 Å². The van der Waals surface area contributed by atoms with Gasteiger partial charge in [0.15, 0.2) is 5.60 Å². The topological polar surface area (TPSA) is 52.6 Å². The molecule has 2 aromatic carbocycles. The van der Waals surface area contributed by atoms with Crippen LogP contribution >= 0.6 is 0 Å². The van der Waals surface area contributed by atoms with Crippen molar-refractivity contribution < 1.29 is 9.90 Å². The molecule has 1 saturated heterocycles. The molecule has 0 aromatic heterocycles. The van der Waals surface area contributed by atoms with Gasteiger partial charge in [-0.1, -0.05) is 79.9 Å². The molecule has 2 saturated carbocycles. The Hall–Kier alpha value is -2.17. The lowest BCUT2D eigenvalue weighted by atomic mass is 9.73. The molecule has 2 N–H and O–H groups in total. The molecular weight excluding hydrogens is 384 g/mol. The SMILES string of the molecule is O=C(NC1C2CN(CCc3ccccc3)CC21)C(O)(c1ccccc1)C1CCCCC1. The minimum atomic E-state index is -1.41. The summed E-state index contributed by atoms with van der Waals surface area (Å²) in [7, 11) is 0. The zero-order valence-electron chi connectivity index (χ0n) is 18.2. The molecule has 3 unspecified atom stereocenters. The van der Waals surface area contributed by atoms with Crippen LogP contribution in [0.5, 0.6) is 0 Å². The third kappa shape index (κ3) is 4.16. The molecule has 5 rings (SSSR count). The number of hydrogen-bond donors (Lipinski definition) is 2. The van der Waals surface area contributed by atoms with Gasteiger partial charge in [-0.15, -0.1) is 0 Å². The molecule has 1 heterocycles. The normalized spacial score (nSPS) is 28.0. The first kappa shape index (κ1) is 20.7. The van der Waals surface area contributed by atoms with Crippen molar-refractivity contribution in [1.82, 2.24) is 10.2 Å². The maximum atomic E-state index is 13.5. The van der Waals surface area contributed by atoms with E-state index >= 15 is 0 Å². The van der Waals surface area contributed by atoms with Crippen molar-refractivity contribution in [3.8, 4) is 0 Å². The molecule has 0 bridgehead atoms. The number of carbonyl (C=O) groups excluding carboxylic acids is 1. The molecule has 3 atom stereocenters. The van der Waals surface area contributed by atoms with Crippen molar-refractivity contribution in [2.45, 2.75) is 50.2 Å². The Balaban J connectivity index is 1.20. The Morgan fingerprint density at radius 2 is 1.55 bits per heavy atom. The number of carbonyl (C=O) groups is 1. The summed E-state index contributed by atoms with van der Waals surface area (Å²) >= 11 is 0. The largest absolute Gasteiger partial charge is 0.375 e. The lowest BCUT2D eigenvalue weighted by molar-refractivity contribution is -0.149. The van der Waals surface area contributed by atoms with Crippen LogP contribution < -0.4 is 5.32 Å². The van der Waals surface area contributed by atoms with Gasteiger partial charge in [0.05, 0.1) is 0 Å². The second-order valence-corrected chi connectivity index (χ2v) is 9.79. The second kappa shape index (κ2) is 8.76. The molecule has 3 aliphatic rings. The maximum Gasteiger partial charge on any atom is 0.257 e. The van der Waals surface area contributed by atoms with E-state index < -0.39 is 5.60 Å². The maximum absolute atomic E-state index is 13.5. The van der Waals surface area contributed by atoms with E-state index in [4.69, 9.17) is 0 Å². The van der Waals surface area contributed by atoms with Crippen molar-refractivity contribution >= 4 is 5.91 Å². The highest BCUT2D eigenvalue weighted by Crippen LogP contribution is 2.47. The number of aliphatic hydroxyl groups is 1. The number of nitrogens with one attached hydrogen (secondary N) is 1. The minimum Gasteiger partial charge on any atom is -0.375 e.